The number of rotatable bonds is 1. The first kappa shape index (κ1) is 13.5. The maximum Gasteiger partial charge on any atom is 0.410 e. The highest BCUT2D eigenvalue weighted by atomic mass is 32.2. The van der Waals surface area contributed by atoms with E-state index in [9.17, 15) is 4.79 Å². The van der Waals surface area contributed by atoms with Gasteiger partial charge < -0.3 is 15.0 Å². The highest BCUT2D eigenvalue weighted by Crippen LogP contribution is 2.23. The Hall–Kier alpha value is -0.910. The van der Waals surface area contributed by atoms with Crippen LogP contribution in [-0.4, -0.2) is 52.7 Å². The molecule has 0 radical (unpaired) electrons. The van der Waals surface area contributed by atoms with Gasteiger partial charge in [0.15, 0.2) is 5.17 Å². The minimum Gasteiger partial charge on any atom is -0.444 e. The number of hydrogen-bond acceptors (Lipinski definition) is 5. The lowest BCUT2D eigenvalue weighted by molar-refractivity contribution is 0.0289. The molecule has 0 bridgehead atoms. The van der Waals surface area contributed by atoms with Crippen molar-refractivity contribution in [3.63, 3.8) is 0 Å². The average Bonchev–Trinajstić information content (AvgIpc) is 2.72. The van der Waals surface area contributed by atoms with E-state index in [1.165, 1.54) is 0 Å². The van der Waals surface area contributed by atoms with Gasteiger partial charge in [0.05, 0.1) is 12.1 Å². The van der Waals surface area contributed by atoms with E-state index in [4.69, 9.17) is 4.74 Å². The fourth-order valence-electron chi connectivity index (χ4n) is 2.10. The summed E-state index contributed by atoms with van der Waals surface area (Å²) in [7, 11) is 0. The number of amides is 1. The van der Waals surface area contributed by atoms with Crippen LogP contribution >= 0.6 is 11.8 Å². The molecule has 1 N–H and O–H groups in total. The summed E-state index contributed by atoms with van der Waals surface area (Å²) in [4.78, 5) is 18.3. The summed E-state index contributed by atoms with van der Waals surface area (Å²) < 4.78 is 5.37. The van der Waals surface area contributed by atoms with E-state index in [-0.39, 0.29) is 18.2 Å². The van der Waals surface area contributed by atoms with Gasteiger partial charge in [-0.1, -0.05) is 18.7 Å². The molecule has 1 saturated heterocycles. The topological polar surface area (TPSA) is 53.9 Å². The zero-order valence-corrected chi connectivity index (χ0v) is 12.2. The molecule has 0 saturated carbocycles. The Morgan fingerprint density at radius 2 is 2.28 bits per heavy atom. The molecule has 18 heavy (non-hydrogen) atoms. The molecule has 2 unspecified atom stereocenters. The van der Waals surface area contributed by atoms with Crippen LogP contribution < -0.4 is 5.32 Å². The number of fused-ring (bicyclic) bond motifs is 1. The van der Waals surface area contributed by atoms with Gasteiger partial charge in [-0.05, 0) is 26.5 Å². The van der Waals surface area contributed by atoms with E-state index in [0.29, 0.717) is 13.1 Å². The number of carbonyl (C=O) groups is 1. The van der Waals surface area contributed by atoms with E-state index in [1.807, 2.05) is 20.8 Å². The molecule has 2 atom stereocenters. The number of thioether (sulfide) groups is 1. The number of ether oxygens (including phenoxy) is 1. The van der Waals surface area contributed by atoms with Gasteiger partial charge in [-0.25, -0.2) is 4.79 Å². The van der Waals surface area contributed by atoms with Crippen molar-refractivity contribution in [2.45, 2.75) is 45.4 Å². The molecule has 2 aliphatic heterocycles. The van der Waals surface area contributed by atoms with Crippen LogP contribution in [0, 0.1) is 0 Å². The second-order valence-electron chi connectivity index (χ2n) is 5.57. The van der Waals surface area contributed by atoms with Gasteiger partial charge in [0, 0.05) is 13.1 Å². The third-order valence-corrected chi connectivity index (χ3v) is 3.60. The van der Waals surface area contributed by atoms with Crippen molar-refractivity contribution in [1.82, 2.24) is 10.2 Å². The maximum absolute atomic E-state index is 11.9. The summed E-state index contributed by atoms with van der Waals surface area (Å²) >= 11 is 1.72. The molecule has 1 fully saturated rings. The molecule has 0 aliphatic carbocycles. The van der Waals surface area contributed by atoms with Crippen molar-refractivity contribution in [2.24, 2.45) is 4.99 Å². The lowest BCUT2D eigenvalue weighted by atomic mass is 10.2. The largest absolute Gasteiger partial charge is 0.444 e. The van der Waals surface area contributed by atoms with Gasteiger partial charge in [-0.15, -0.1) is 0 Å². The summed E-state index contributed by atoms with van der Waals surface area (Å²) in [5, 5.41) is 4.38. The molecular weight excluding hydrogens is 250 g/mol. The van der Waals surface area contributed by atoms with Crippen LogP contribution in [0.5, 0.6) is 0 Å². The van der Waals surface area contributed by atoms with Crippen LogP contribution in [0.1, 0.15) is 27.7 Å². The Morgan fingerprint density at radius 3 is 2.83 bits per heavy atom. The summed E-state index contributed by atoms with van der Waals surface area (Å²) in [5.74, 6) is 1.01. The van der Waals surface area contributed by atoms with Crippen LogP contribution in [0.2, 0.25) is 0 Å². The summed E-state index contributed by atoms with van der Waals surface area (Å²) in [6.45, 7) is 9.09. The van der Waals surface area contributed by atoms with Crippen LogP contribution in [0.3, 0.4) is 0 Å². The molecule has 2 heterocycles. The van der Waals surface area contributed by atoms with Crippen LogP contribution in [-0.2, 0) is 4.74 Å². The SMILES string of the molecule is CCSC1=NC2CN(C(=O)OC(C)(C)C)CC2N1. The fourth-order valence-corrected chi connectivity index (χ4v) is 2.82. The molecule has 0 aromatic carbocycles. The Bertz CT molecular complexity index is 365. The summed E-state index contributed by atoms with van der Waals surface area (Å²) in [6.07, 6.45) is -0.237. The average molecular weight is 271 g/mol. The first-order valence-electron chi connectivity index (χ1n) is 6.34. The Balaban J connectivity index is 1.89. The second kappa shape index (κ2) is 4.99. The van der Waals surface area contributed by atoms with Crippen molar-refractivity contribution < 1.29 is 9.53 Å². The molecule has 0 aromatic heterocycles. The molecule has 6 heteroatoms. The highest BCUT2D eigenvalue weighted by Gasteiger charge is 2.40. The molecule has 0 aromatic rings. The second-order valence-corrected chi connectivity index (χ2v) is 6.82. The van der Waals surface area contributed by atoms with Gasteiger partial charge in [0.2, 0.25) is 0 Å². The van der Waals surface area contributed by atoms with E-state index < -0.39 is 5.60 Å². The number of likely N-dealkylation sites (tertiary alicyclic amines) is 1. The molecule has 2 aliphatic rings. The van der Waals surface area contributed by atoms with E-state index in [2.05, 4.69) is 17.2 Å². The molecule has 2 rings (SSSR count). The minimum atomic E-state index is -0.436. The predicted octanol–water partition coefficient (Wildman–Crippen LogP) is 1.69. The first-order chi connectivity index (χ1) is 8.39. The highest BCUT2D eigenvalue weighted by molar-refractivity contribution is 8.13. The predicted molar refractivity (Wildman–Crippen MR) is 74.1 cm³/mol. The van der Waals surface area contributed by atoms with Crippen LogP contribution in [0.15, 0.2) is 4.99 Å². The third kappa shape index (κ3) is 3.10. The standard InChI is InChI=1S/C12H21N3O2S/c1-5-18-10-13-8-6-15(7-9(8)14-10)11(16)17-12(2,3)4/h8-9H,5-7H2,1-4H3,(H,13,14). The van der Waals surface area contributed by atoms with Crippen molar-refractivity contribution in [2.75, 3.05) is 18.8 Å². The molecule has 5 nitrogen and oxygen atoms in total. The molecule has 102 valence electrons. The zero-order valence-electron chi connectivity index (χ0n) is 11.4. The maximum atomic E-state index is 11.9. The van der Waals surface area contributed by atoms with Crippen molar-refractivity contribution in [3.05, 3.63) is 0 Å². The van der Waals surface area contributed by atoms with Crippen LogP contribution in [0.4, 0.5) is 4.79 Å². The summed E-state index contributed by atoms with van der Waals surface area (Å²) in [6, 6.07) is 0.443. The lowest BCUT2D eigenvalue weighted by Gasteiger charge is -2.24. The number of hydrogen-bond donors (Lipinski definition) is 1. The quantitative estimate of drug-likeness (QED) is 0.788. The van der Waals surface area contributed by atoms with Crippen molar-refractivity contribution in [3.8, 4) is 0 Å². The molecule has 0 spiro atoms. The van der Waals surface area contributed by atoms with Gasteiger partial charge >= 0.3 is 6.09 Å². The number of amidine groups is 1. The molecular formula is C12H21N3O2S. The van der Waals surface area contributed by atoms with E-state index >= 15 is 0 Å². The van der Waals surface area contributed by atoms with E-state index in [0.717, 1.165) is 10.9 Å². The summed E-state index contributed by atoms with van der Waals surface area (Å²) in [5.41, 5.74) is -0.436. The third-order valence-electron chi connectivity index (χ3n) is 2.81. The normalized spacial score (nSPS) is 26.7. The first-order valence-corrected chi connectivity index (χ1v) is 7.32. The lowest BCUT2D eigenvalue weighted by Crippen LogP contribution is -2.38. The Labute approximate surface area is 112 Å². The minimum absolute atomic E-state index is 0.187. The fraction of sp³-hybridized carbons (Fsp3) is 0.833. The van der Waals surface area contributed by atoms with Crippen LogP contribution in [0.25, 0.3) is 0 Å². The Morgan fingerprint density at radius 1 is 1.56 bits per heavy atom. The number of nitrogens with zero attached hydrogens (tertiary/aromatic N) is 2. The van der Waals surface area contributed by atoms with Gasteiger partial charge in [-0.3, -0.25) is 4.99 Å². The van der Waals surface area contributed by atoms with E-state index in [1.54, 1.807) is 16.7 Å². The monoisotopic (exact) mass is 271 g/mol. The smallest absolute Gasteiger partial charge is 0.410 e. The molecule has 1 amide bonds. The number of aliphatic imine (C=N–C) groups is 1. The zero-order chi connectivity index (χ0) is 13.3. The van der Waals surface area contributed by atoms with Crippen molar-refractivity contribution >= 4 is 23.0 Å². The van der Waals surface area contributed by atoms with Gasteiger partial charge in [-0.2, -0.15) is 0 Å². The number of carbonyl (C=O) groups excluding carboxylic acids is 1. The Kier molecular flexibility index (Phi) is 3.75. The van der Waals surface area contributed by atoms with Gasteiger partial charge in [0.1, 0.15) is 5.60 Å². The van der Waals surface area contributed by atoms with Crippen molar-refractivity contribution in [1.29, 1.82) is 0 Å². The number of nitrogens with one attached hydrogen (secondary N) is 1. The van der Waals surface area contributed by atoms with Gasteiger partial charge in [0.25, 0.3) is 0 Å².